The second kappa shape index (κ2) is 14.7. The third-order valence-electron chi connectivity index (χ3n) is 8.19. The third kappa shape index (κ3) is 8.18. The van der Waals surface area contributed by atoms with Crippen LogP contribution in [0.3, 0.4) is 0 Å². The molecule has 1 unspecified atom stereocenters. The predicted molar refractivity (Wildman–Crippen MR) is 177 cm³/mol. The first-order valence-corrected chi connectivity index (χ1v) is 16.0. The molecule has 46 heavy (non-hydrogen) atoms. The molecule has 238 valence electrons. The minimum Gasteiger partial charge on any atom is -0.464 e. The Hall–Kier alpha value is -4.55. The van der Waals surface area contributed by atoms with Gasteiger partial charge in [-0.2, -0.15) is 5.10 Å². The maximum atomic E-state index is 5.77. The number of benzene rings is 2. The molecule has 3 aromatic heterocycles. The highest BCUT2D eigenvalue weighted by Gasteiger charge is 2.22. The summed E-state index contributed by atoms with van der Waals surface area (Å²) in [6, 6.07) is 22.3. The summed E-state index contributed by atoms with van der Waals surface area (Å²) in [5.41, 5.74) is 5.24. The zero-order valence-corrected chi connectivity index (χ0v) is 25.8. The maximum absolute atomic E-state index is 5.77. The van der Waals surface area contributed by atoms with E-state index in [2.05, 4.69) is 78.9 Å². The van der Waals surface area contributed by atoms with Crippen LogP contribution in [-0.2, 0) is 16.0 Å². The van der Waals surface area contributed by atoms with Crippen LogP contribution >= 0.6 is 0 Å². The average molecular weight is 621 g/mol. The van der Waals surface area contributed by atoms with Gasteiger partial charge in [-0.05, 0) is 66.3 Å². The molecule has 0 bridgehead atoms. The summed E-state index contributed by atoms with van der Waals surface area (Å²) in [5.74, 6) is 3.06. The van der Waals surface area contributed by atoms with Gasteiger partial charge in [0.25, 0.3) is 0 Å². The monoisotopic (exact) mass is 620 g/mol. The van der Waals surface area contributed by atoms with Crippen molar-refractivity contribution >= 4 is 23.1 Å². The predicted octanol–water partition coefficient (Wildman–Crippen LogP) is 5.84. The first kappa shape index (κ1) is 30.1. The Morgan fingerprint density at radius 3 is 1.93 bits per heavy atom. The molecule has 11 nitrogen and oxygen atoms in total. The molecule has 5 heterocycles. The Bertz CT molecular complexity index is 1620. The SMILES string of the molecule is c1cc(C2CNCCO2)ccc1Nc1ccn(CC2CC2)n1.c1coc(-c2cnc(Nc3ccc([C@H]4CNCCO4)cc3)nc2)c1. The van der Waals surface area contributed by atoms with E-state index >= 15 is 0 Å². The molecule has 3 fully saturated rings. The zero-order valence-electron chi connectivity index (χ0n) is 25.8. The lowest BCUT2D eigenvalue weighted by molar-refractivity contribution is 0.0276. The summed E-state index contributed by atoms with van der Waals surface area (Å²) in [5, 5.41) is 17.8. The standard InChI is InChI=1S/C18H18N4O2.C17H22N4O/c1-2-16(23-8-1)14-10-20-18(21-11-14)22-15-5-3-13(4-6-15)17-12-19-7-9-24-17;1-2-13(1)12-21-9-7-17(20-21)19-15-5-3-14(4-6-15)16-11-18-8-10-22-16/h1-6,8,10-11,17,19H,7,9,12H2,(H,20,21,22);3-7,9,13,16,18H,1-2,8,10-12H2,(H,19,20)/t17-;/m1./s1. The van der Waals surface area contributed by atoms with Crippen LogP contribution < -0.4 is 21.3 Å². The van der Waals surface area contributed by atoms with Gasteiger partial charge in [-0.1, -0.05) is 24.3 Å². The molecule has 2 aromatic carbocycles. The maximum Gasteiger partial charge on any atom is 0.227 e. The zero-order chi connectivity index (χ0) is 31.0. The summed E-state index contributed by atoms with van der Waals surface area (Å²) in [6.07, 6.45) is 10.2. The van der Waals surface area contributed by atoms with E-state index in [4.69, 9.17) is 13.9 Å². The number of nitrogens with zero attached hydrogens (tertiary/aromatic N) is 4. The molecule has 0 spiro atoms. The number of hydrogen-bond donors (Lipinski definition) is 4. The normalized spacial score (nSPS) is 19.6. The molecule has 8 rings (SSSR count). The molecular formula is C35H40N8O3. The number of rotatable bonds is 9. The van der Waals surface area contributed by atoms with E-state index in [1.807, 2.05) is 35.0 Å². The molecular weight excluding hydrogens is 580 g/mol. The number of nitrogens with one attached hydrogen (secondary N) is 4. The van der Waals surface area contributed by atoms with Crippen LogP contribution in [0.4, 0.5) is 23.1 Å². The number of aromatic nitrogens is 4. The Morgan fingerprint density at radius 2 is 1.39 bits per heavy atom. The van der Waals surface area contributed by atoms with Crippen molar-refractivity contribution in [3.05, 3.63) is 103 Å². The first-order valence-electron chi connectivity index (χ1n) is 16.0. The molecule has 4 N–H and O–H groups in total. The first-order chi connectivity index (χ1) is 22.7. The molecule has 5 aromatic rings. The summed E-state index contributed by atoms with van der Waals surface area (Å²) in [7, 11) is 0. The van der Waals surface area contributed by atoms with E-state index < -0.39 is 0 Å². The lowest BCUT2D eigenvalue weighted by Crippen LogP contribution is -2.33. The van der Waals surface area contributed by atoms with Gasteiger partial charge >= 0.3 is 0 Å². The number of furan rings is 1. The Kier molecular flexibility index (Phi) is 9.62. The van der Waals surface area contributed by atoms with Crippen molar-refractivity contribution in [2.24, 2.45) is 5.92 Å². The molecule has 0 radical (unpaired) electrons. The number of morpholine rings is 2. The van der Waals surface area contributed by atoms with E-state index in [9.17, 15) is 0 Å². The second-order valence-corrected chi connectivity index (χ2v) is 11.8. The van der Waals surface area contributed by atoms with Gasteiger partial charge in [-0.3, -0.25) is 4.68 Å². The Labute approximate surface area is 268 Å². The van der Waals surface area contributed by atoms with Crippen molar-refractivity contribution in [3.63, 3.8) is 0 Å². The topological polar surface area (TPSA) is 123 Å². The van der Waals surface area contributed by atoms with Gasteiger partial charge in [0, 0.05) is 68.8 Å². The van der Waals surface area contributed by atoms with Crippen molar-refractivity contribution in [2.75, 3.05) is 50.0 Å². The van der Waals surface area contributed by atoms with Crippen molar-refractivity contribution in [1.29, 1.82) is 0 Å². The summed E-state index contributed by atoms with van der Waals surface area (Å²) in [4.78, 5) is 8.65. The quantitative estimate of drug-likeness (QED) is 0.160. The lowest BCUT2D eigenvalue weighted by atomic mass is 10.1. The smallest absolute Gasteiger partial charge is 0.227 e. The highest BCUT2D eigenvalue weighted by Crippen LogP contribution is 2.30. The van der Waals surface area contributed by atoms with Crippen LogP contribution in [0.15, 0.2) is 96.0 Å². The minimum absolute atomic E-state index is 0.122. The van der Waals surface area contributed by atoms with E-state index in [1.165, 1.54) is 24.0 Å². The number of ether oxygens (including phenoxy) is 2. The fourth-order valence-corrected chi connectivity index (χ4v) is 5.46. The van der Waals surface area contributed by atoms with Crippen LogP contribution in [0.1, 0.15) is 36.2 Å². The minimum atomic E-state index is 0.122. The van der Waals surface area contributed by atoms with Gasteiger partial charge in [0.05, 0.1) is 37.2 Å². The molecule has 11 heteroatoms. The van der Waals surface area contributed by atoms with Gasteiger partial charge in [-0.25, -0.2) is 9.97 Å². The molecule has 0 amide bonds. The van der Waals surface area contributed by atoms with Crippen LogP contribution in [0.2, 0.25) is 0 Å². The van der Waals surface area contributed by atoms with E-state index in [-0.39, 0.29) is 12.2 Å². The molecule has 3 aliphatic rings. The van der Waals surface area contributed by atoms with E-state index in [0.29, 0.717) is 5.95 Å². The van der Waals surface area contributed by atoms with Crippen LogP contribution in [-0.4, -0.2) is 59.1 Å². The molecule has 2 atom stereocenters. The fraction of sp³-hybridized carbons (Fsp3) is 0.343. The largest absolute Gasteiger partial charge is 0.464 e. The van der Waals surface area contributed by atoms with Gasteiger partial charge in [-0.15, -0.1) is 0 Å². The number of anilines is 4. The number of hydrogen-bond acceptors (Lipinski definition) is 10. The molecule has 1 saturated carbocycles. The van der Waals surface area contributed by atoms with Crippen molar-refractivity contribution in [3.8, 4) is 11.3 Å². The van der Waals surface area contributed by atoms with Crippen LogP contribution in [0, 0.1) is 5.92 Å². The highest BCUT2D eigenvalue weighted by molar-refractivity contribution is 5.58. The van der Waals surface area contributed by atoms with E-state index in [0.717, 1.165) is 80.4 Å². The van der Waals surface area contributed by atoms with Gasteiger partial charge in [0.2, 0.25) is 5.95 Å². The third-order valence-corrected chi connectivity index (χ3v) is 8.19. The second-order valence-electron chi connectivity index (χ2n) is 11.8. The molecule has 2 saturated heterocycles. The van der Waals surface area contributed by atoms with Gasteiger partial charge in [0.1, 0.15) is 5.76 Å². The van der Waals surface area contributed by atoms with Gasteiger partial charge < -0.3 is 35.2 Å². The van der Waals surface area contributed by atoms with Gasteiger partial charge in [0.15, 0.2) is 5.82 Å². The fourth-order valence-electron chi connectivity index (χ4n) is 5.46. The lowest BCUT2D eigenvalue weighted by Gasteiger charge is -2.24. The summed E-state index contributed by atoms with van der Waals surface area (Å²) in [6.45, 7) is 6.18. The Morgan fingerprint density at radius 1 is 0.761 bits per heavy atom. The van der Waals surface area contributed by atoms with Crippen LogP contribution in [0.25, 0.3) is 11.3 Å². The Balaban J connectivity index is 0.000000147. The highest BCUT2D eigenvalue weighted by atomic mass is 16.5. The summed E-state index contributed by atoms with van der Waals surface area (Å²) >= 11 is 0. The summed E-state index contributed by atoms with van der Waals surface area (Å²) < 4.78 is 18.9. The van der Waals surface area contributed by atoms with Crippen LogP contribution in [0.5, 0.6) is 0 Å². The van der Waals surface area contributed by atoms with Crippen molar-refractivity contribution in [2.45, 2.75) is 31.6 Å². The van der Waals surface area contributed by atoms with E-state index in [1.54, 1.807) is 18.7 Å². The van der Waals surface area contributed by atoms with Crippen molar-refractivity contribution < 1.29 is 13.9 Å². The average Bonchev–Trinajstić information content (AvgIpc) is 3.55. The van der Waals surface area contributed by atoms with Crippen molar-refractivity contribution in [1.82, 2.24) is 30.4 Å². The molecule has 1 aliphatic carbocycles. The molecule has 2 aliphatic heterocycles.